The highest BCUT2D eigenvalue weighted by Crippen LogP contribution is 2.41. The highest BCUT2D eigenvalue weighted by Gasteiger charge is 2.23. The van der Waals surface area contributed by atoms with Gasteiger partial charge in [0, 0.05) is 10.8 Å². The Balaban J connectivity index is 2.00. The molecule has 0 saturated carbocycles. The molecule has 29 heavy (non-hydrogen) atoms. The van der Waals surface area contributed by atoms with E-state index in [-0.39, 0.29) is 12.1 Å². The molecule has 0 aliphatic rings. The fourth-order valence-corrected chi connectivity index (χ4v) is 3.76. The van der Waals surface area contributed by atoms with Gasteiger partial charge in [-0.2, -0.15) is 0 Å². The Bertz CT molecular complexity index is 1210. The van der Waals surface area contributed by atoms with Crippen LogP contribution in [0.2, 0.25) is 0 Å². The minimum absolute atomic E-state index is 0.100. The maximum atomic E-state index is 6.12. The lowest BCUT2D eigenvalue weighted by molar-refractivity contribution is 0.567. The molecular formula is C26H26N2O. The Labute approximate surface area is 171 Å². The Morgan fingerprint density at radius 1 is 0.897 bits per heavy atom. The number of aliphatic imine (C=N–C) groups is 1. The molecule has 4 aromatic rings. The molecule has 0 saturated heterocycles. The predicted molar refractivity (Wildman–Crippen MR) is 123 cm³/mol. The van der Waals surface area contributed by atoms with E-state index in [0.29, 0.717) is 0 Å². The molecular weight excluding hydrogens is 356 g/mol. The van der Waals surface area contributed by atoms with E-state index >= 15 is 0 Å². The van der Waals surface area contributed by atoms with Crippen LogP contribution in [-0.4, -0.2) is 12.4 Å². The zero-order valence-electron chi connectivity index (χ0n) is 17.1. The van der Waals surface area contributed by atoms with Crippen molar-refractivity contribution in [3.8, 4) is 0 Å². The summed E-state index contributed by atoms with van der Waals surface area (Å²) >= 11 is 0. The first kappa shape index (κ1) is 19.2. The minimum Gasteiger partial charge on any atom is -0.456 e. The molecule has 0 aliphatic carbocycles. The van der Waals surface area contributed by atoms with E-state index in [0.717, 1.165) is 33.2 Å². The van der Waals surface area contributed by atoms with Crippen molar-refractivity contribution < 1.29 is 4.42 Å². The average Bonchev–Trinajstić information content (AvgIpc) is 3.10. The molecule has 1 heterocycles. The van der Waals surface area contributed by atoms with Crippen molar-refractivity contribution in [2.75, 3.05) is 6.67 Å². The number of hydrogen-bond acceptors (Lipinski definition) is 3. The fourth-order valence-electron chi connectivity index (χ4n) is 3.76. The summed E-state index contributed by atoms with van der Waals surface area (Å²) in [6, 6.07) is 24.7. The normalized spacial score (nSPS) is 13.4. The number of nitrogens with two attached hydrogens (primary N) is 1. The number of hydrogen-bond donors (Lipinski definition) is 1. The average molecular weight is 383 g/mol. The Morgan fingerprint density at radius 3 is 2.31 bits per heavy atom. The van der Waals surface area contributed by atoms with E-state index in [9.17, 15) is 0 Å². The van der Waals surface area contributed by atoms with Crippen LogP contribution in [0, 0.1) is 5.41 Å². The van der Waals surface area contributed by atoms with Gasteiger partial charge in [0.1, 0.15) is 11.2 Å². The van der Waals surface area contributed by atoms with Crippen LogP contribution in [0.4, 0.5) is 0 Å². The number of benzene rings is 3. The van der Waals surface area contributed by atoms with Crippen molar-refractivity contribution in [2.24, 2.45) is 16.1 Å². The molecule has 0 bridgehead atoms. The first-order valence-corrected chi connectivity index (χ1v) is 9.92. The Morgan fingerprint density at radius 2 is 1.59 bits per heavy atom. The summed E-state index contributed by atoms with van der Waals surface area (Å²) in [5.74, 6) is 0. The van der Waals surface area contributed by atoms with Gasteiger partial charge in [0.05, 0.1) is 12.4 Å². The molecule has 0 amide bonds. The van der Waals surface area contributed by atoms with Crippen LogP contribution in [0.1, 0.15) is 31.9 Å². The molecule has 0 spiro atoms. The van der Waals surface area contributed by atoms with Crippen LogP contribution in [-0.2, 0) is 0 Å². The van der Waals surface area contributed by atoms with Gasteiger partial charge in [-0.3, -0.25) is 4.99 Å². The van der Waals surface area contributed by atoms with E-state index in [2.05, 4.69) is 68.2 Å². The van der Waals surface area contributed by atoms with Crippen LogP contribution in [0.25, 0.3) is 27.5 Å². The molecule has 3 aromatic carbocycles. The Kier molecular flexibility index (Phi) is 5.08. The Hall–Kier alpha value is -3.17. The van der Waals surface area contributed by atoms with Crippen LogP contribution < -0.4 is 5.73 Å². The second-order valence-electron chi connectivity index (χ2n) is 8.18. The van der Waals surface area contributed by atoms with Gasteiger partial charge in [-0.05, 0) is 40.3 Å². The third-order valence-corrected chi connectivity index (χ3v) is 5.11. The molecule has 0 unspecified atom stereocenters. The first-order valence-electron chi connectivity index (χ1n) is 9.92. The number of para-hydroxylation sites is 1. The molecule has 3 heteroatoms. The van der Waals surface area contributed by atoms with Gasteiger partial charge in [0.15, 0.2) is 0 Å². The maximum Gasteiger partial charge on any atom is 0.136 e. The summed E-state index contributed by atoms with van der Waals surface area (Å²) < 4.78 is 6.12. The smallest absolute Gasteiger partial charge is 0.136 e. The van der Waals surface area contributed by atoms with Gasteiger partial charge in [0.2, 0.25) is 0 Å². The van der Waals surface area contributed by atoms with Crippen molar-refractivity contribution in [1.29, 1.82) is 0 Å². The van der Waals surface area contributed by atoms with Crippen molar-refractivity contribution in [3.05, 3.63) is 90.0 Å². The molecule has 4 rings (SSSR count). The van der Waals surface area contributed by atoms with E-state index in [1.54, 1.807) is 0 Å². The quantitative estimate of drug-likeness (QED) is 0.414. The van der Waals surface area contributed by atoms with Gasteiger partial charge in [-0.25, -0.2) is 0 Å². The summed E-state index contributed by atoms with van der Waals surface area (Å²) in [7, 11) is 0. The number of nitrogens with zero attached hydrogens (tertiary/aromatic N) is 1. The van der Waals surface area contributed by atoms with E-state index < -0.39 is 0 Å². The monoisotopic (exact) mass is 382 g/mol. The van der Waals surface area contributed by atoms with Gasteiger partial charge in [-0.15, -0.1) is 0 Å². The molecule has 0 fully saturated rings. The van der Waals surface area contributed by atoms with E-state index in [4.69, 9.17) is 10.2 Å². The summed E-state index contributed by atoms with van der Waals surface area (Å²) in [5.41, 5.74) is 11.8. The largest absolute Gasteiger partial charge is 0.456 e. The second-order valence-corrected chi connectivity index (χ2v) is 8.18. The summed E-state index contributed by atoms with van der Waals surface area (Å²) in [5, 5.41) is 2.27. The topological polar surface area (TPSA) is 51.5 Å². The standard InChI is InChI=1S/C26H26N2O/c1-26(2,3)21(16-22(28-17-27)18-10-5-4-6-11-18)19-13-9-15-24-25(19)20-12-7-8-14-23(20)29-24/h4-16H,17,27H2,1-3H3/b21-16-,28-22+. The summed E-state index contributed by atoms with van der Waals surface area (Å²) in [4.78, 5) is 4.60. The summed E-state index contributed by atoms with van der Waals surface area (Å²) in [6.45, 7) is 6.93. The van der Waals surface area contributed by atoms with Crippen LogP contribution in [0.5, 0.6) is 0 Å². The fraction of sp³-hybridized carbons (Fsp3) is 0.192. The minimum atomic E-state index is -0.100. The second kappa shape index (κ2) is 7.69. The molecule has 2 N–H and O–H groups in total. The van der Waals surface area contributed by atoms with E-state index in [1.165, 1.54) is 11.1 Å². The first-order chi connectivity index (χ1) is 14.0. The zero-order valence-corrected chi connectivity index (χ0v) is 17.1. The highest BCUT2D eigenvalue weighted by atomic mass is 16.3. The SMILES string of the molecule is CC(C)(C)/C(=C\C(=N/CN)c1ccccc1)c1cccc2oc3ccccc3c12. The van der Waals surface area contributed by atoms with Gasteiger partial charge < -0.3 is 10.2 Å². The number of fused-ring (bicyclic) bond motifs is 3. The number of allylic oxidation sites excluding steroid dienone is 2. The van der Waals surface area contributed by atoms with Crippen LogP contribution in [0.3, 0.4) is 0 Å². The van der Waals surface area contributed by atoms with Crippen molar-refractivity contribution >= 4 is 33.2 Å². The molecule has 1 aromatic heterocycles. The maximum absolute atomic E-state index is 6.12. The van der Waals surface area contributed by atoms with Crippen LogP contribution >= 0.6 is 0 Å². The van der Waals surface area contributed by atoms with Gasteiger partial charge in [0.25, 0.3) is 0 Å². The molecule has 0 radical (unpaired) electrons. The van der Waals surface area contributed by atoms with Gasteiger partial charge >= 0.3 is 0 Å². The lowest BCUT2D eigenvalue weighted by Gasteiger charge is -2.25. The number of furan rings is 1. The third kappa shape index (κ3) is 3.74. The summed E-state index contributed by atoms with van der Waals surface area (Å²) in [6.07, 6.45) is 2.18. The number of rotatable bonds is 4. The zero-order chi connectivity index (χ0) is 20.4. The van der Waals surface area contributed by atoms with Gasteiger partial charge in [-0.1, -0.05) is 81.4 Å². The lowest BCUT2D eigenvalue weighted by Crippen LogP contribution is -2.12. The van der Waals surface area contributed by atoms with Crippen molar-refractivity contribution in [3.63, 3.8) is 0 Å². The van der Waals surface area contributed by atoms with Crippen LogP contribution in [0.15, 0.2) is 88.3 Å². The molecule has 0 atom stereocenters. The third-order valence-electron chi connectivity index (χ3n) is 5.11. The molecule has 0 aliphatic heterocycles. The lowest BCUT2D eigenvalue weighted by atomic mass is 9.79. The van der Waals surface area contributed by atoms with Crippen molar-refractivity contribution in [2.45, 2.75) is 20.8 Å². The predicted octanol–water partition coefficient (Wildman–Crippen LogP) is 6.42. The molecule has 3 nitrogen and oxygen atoms in total. The van der Waals surface area contributed by atoms with E-state index in [1.807, 2.05) is 36.4 Å². The molecule has 146 valence electrons. The van der Waals surface area contributed by atoms with Crippen molar-refractivity contribution in [1.82, 2.24) is 0 Å². The highest BCUT2D eigenvalue weighted by molar-refractivity contribution is 6.16.